The van der Waals surface area contributed by atoms with Crippen LogP contribution in [0.4, 0.5) is 4.39 Å². The number of carbonyl (C=O) groups excluding carboxylic acids is 1. The van der Waals surface area contributed by atoms with Crippen molar-refractivity contribution in [3.8, 4) is 11.5 Å². The number of carbonyl (C=O) groups is 1. The molecule has 0 spiro atoms. The first-order valence-electron chi connectivity index (χ1n) is 9.13. The molecule has 1 N–H and O–H groups in total. The Bertz CT molecular complexity index is 626. The Balaban J connectivity index is 1.57. The first-order valence-corrected chi connectivity index (χ1v) is 9.13. The zero-order valence-corrected chi connectivity index (χ0v) is 15.4. The highest BCUT2D eigenvalue weighted by molar-refractivity contribution is 5.98. The van der Waals surface area contributed by atoms with Gasteiger partial charge in [0, 0.05) is 32.3 Å². The zero-order chi connectivity index (χ0) is 18.5. The first kappa shape index (κ1) is 18.9. The molecule has 1 unspecified atom stereocenters. The van der Waals surface area contributed by atoms with E-state index in [0.717, 1.165) is 52.1 Å². The van der Waals surface area contributed by atoms with E-state index in [0.29, 0.717) is 11.7 Å². The summed E-state index contributed by atoms with van der Waals surface area (Å²) in [6, 6.07) is 2.72. The fourth-order valence-electron chi connectivity index (χ4n) is 3.72. The summed E-state index contributed by atoms with van der Waals surface area (Å²) in [6.45, 7) is 4.63. The van der Waals surface area contributed by atoms with E-state index in [9.17, 15) is 9.18 Å². The number of hydrogen-bond acceptors (Lipinski definition) is 5. The van der Waals surface area contributed by atoms with Gasteiger partial charge < -0.3 is 24.4 Å². The Hall–Kier alpha value is -1.86. The monoisotopic (exact) mass is 366 g/mol. The van der Waals surface area contributed by atoms with Gasteiger partial charge in [-0.25, -0.2) is 4.39 Å². The summed E-state index contributed by atoms with van der Waals surface area (Å²) in [6.07, 6.45) is 2.84. The molecular weight excluding hydrogens is 339 g/mol. The number of benzene rings is 1. The van der Waals surface area contributed by atoms with Crippen LogP contribution in [-0.2, 0) is 4.74 Å². The Morgan fingerprint density at radius 3 is 2.65 bits per heavy atom. The molecule has 3 rings (SSSR count). The van der Waals surface area contributed by atoms with Crippen LogP contribution in [0, 0.1) is 11.7 Å². The highest BCUT2D eigenvalue weighted by Crippen LogP contribution is 2.33. The number of nitrogens with one attached hydrogen (secondary N) is 1. The Morgan fingerprint density at radius 1 is 1.27 bits per heavy atom. The van der Waals surface area contributed by atoms with Gasteiger partial charge in [0.25, 0.3) is 5.91 Å². The van der Waals surface area contributed by atoms with Crippen LogP contribution in [-0.4, -0.2) is 63.9 Å². The molecule has 0 aliphatic carbocycles. The second-order valence-corrected chi connectivity index (χ2v) is 6.94. The molecule has 7 heteroatoms. The van der Waals surface area contributed by atoms with Gasteiger partial charge >= 0.3 is 0 Å². The molecule has 1 aromatic rings. The molecule has 2 aliphatic rings. The molecule has 1 aromatic carbocycles. The number of amides is 1. The van der Waals surface area contributed by atoms with Crippen molar-refractivity contribution in [2.24, 2.45) is 5.92 Å². The van der Waals surface area contributed by atoms with E-state index in [4.69, 9.17) is 14.2 Å². The molecule has 6 nitrogen and oxygen atoms in total. The van der Waals surface area contributed by atoms with E-state index in [1.165, 1.54) is 26.4 Å². The fraction of sp³-hybridized carbons (Fsp3) is 0.632. The quantitative estimate of drug-likeness (QED) is 0.835. The van der Waals surface area contributed by atoms with Gasteiger partial charge in [-0.1, -0.05) is 0 Å². The topological polar surface area (TPSA) is 60.0 Å². The molecule has 0 aromatic heterocycles. The van der Waals surface area contributed by atoms with E-state index in [1.807, 2.05) is 0 Å². The van der Waals surface area contributed by atoms with Crippen LogP contribution in [0.5, 0.6) is 11.5 Å². The Labute approximate surface area is 153 Å². The summed E-state index contributed by atoms with van der Waals surface area (Å²) in [5.41, 5.74) is -0.0996. The molecular formula is C19H27FN2O4. The predicted molar refractivity (Wildman–Crippen MR) is 95.4 cm³/mol. The van der Waals surface area contributed by atoms with Gasteiger partial charge in [-0.2, -0.15) is 0 Å². The first-order chi connectivity index (χ1) is 12.6. The molecule has 2 saturated heterocycles. The number of rotatable bonds is 6. The minimum absolute atomic E-state index is 0.0360. The highest BCUT2D eigenvalue weighted by Gasteiger charge is 2.27. The second-order valence-electron chi connectivity index (χ2n) is 6.94. The van der Waals surface area contributed by atoms with Crippen LogP contribution in [0.1, 0.15) is 29.6 Å². The van der Waals surface area contributed by atoms with Gasteiger partial charge in [-0.05, 0) is 37.3 Å². The third-order valence-electron chi connectivity index (χ3n) is 5.19. The van der Waals surface area contributed by atoms with E-state index in [1.54, 1.807) is 0 Å². The van der Waals surface area contributed by atoms with Crippen molar-refractivity contribution in [3.63, 3.8) is 0 Å². The maximum atomic E-state index is 14.2. The van der Waals surface area contributed by atoms with Crippen LogP contribution >= 0.6 is 0 Å². The minimum Gasteiger partial charge on any atom is -0.493 e. The Morgan fingerprint density at radius 2 is 2.04 bits per heavy atom. The number of hydrogen-bond donors (Lipinski definition) is 1. The second kappa shape index (κ2) is 8.68. The lowest BCUT2D eigenvalue weighted by Crippen LogP contribution is -2.46. The van der Waals surface area contributed by atoms with Gasteiger partial charge in [0.15, 0.2) is 11.5 Å². The number of methoxy groups -OCH3 is 2. The van der Waals surface area contributed by atoms with Crippen molar-refractivity contribution in [2.75, 3.05) is 47.1 Å². The summed E-state index contributed by atoms with van der Waals surface area (Å²) in [4.78, 5) is 15.1. The lowest BCUT2D eigenvalue weighted by atomic mass is 10.0. The normalized spacial score (nSPS) is 21.6. The summed E-state index contributed by atoms with van der Waals surface area (Å²) in [7, 11) is 2.86. The van der Waals surface area contributed by atoms with Crippen LogP contribution in [0.15, 0.2) is 12.1 Å². The largest absolute Gasteiger partial charge is 0.493 e. The maximum Gasteiger partial charge on any atom is 0.258 e. The summed E-state index contributed by atoms with van der Waals surface area (Å²) in [5.74, 6) is 0.0207. The highest BCUT2D eigenvalue weighted by atomic mass is 19.1. The minimum atomic E-state index is -0.612. The molecule has 144 valence electrons. The van der Waals surface area contributed by atoms with Crippen molar-refractivity contribution < 1.29 is 23.4 Å². The van der Waals surface area contributed by atoms with Crippen molar-refractivity contribution in [1.82, 2.24) is 10.2 Å². The van der Waals surface area contributed by atoms with Crippen molar-refractivity contribution >= 4 is 5.91 Å². The molecule has 0 bridgehead atoms. The van der Waals surface area contributed by atoms with Crippen molar-refractivity contribution in [1.29, 1.82) is 0 Å². The SMILES string of the molecule is COc1ccc(F)c(C(=O)NC2CCN(CC3CCOC3)CC2)c1OC. The van der Waals surface area contributed by atoms with E-state index in [2.05, 4.69) is 10.2 Å². The van der Waals surface area contributed by atoms with Crippen LogP contribution < -0.4 is 14.8 Å². The standard InChI is InChI=1S/C19H27FN2O4/c1-24-16-4-3-15(20)17(18(16)25-2)19(23)21-14-5-8-22(9-6-14)11-13-7-10-26-12-13/h3-4,13-14H,5-12H2,1-2H3,(H,21,23). The van der Waals surface area contributed by atoms with Crippen LogP contribution in [0.2, 0.25) is 0 Å². The lowest BCUT2D eigenvalue weighted by Gasteiger charge is -2.33. The van der Waals surface area contributed by atoms with Crippen molar-refractivity contribution in [2.45, 2.75) is 25.3 Å². The third-order valence-corrected chi connectivity index (χ3v) is 5.19. The fourth-order valence-corrected chi connectivity index (χ4v) is 3.72. The molecule has 0 saturated carbocycles. The lowest BCUT2D eigenvalue weighted by molar-refractivity contribution is 0.0895. The van der Waals surface area contributed by atoms with Gasteiger partial charge in [-0.3, -0.25) is 4.79 Å². The smallest absolute Gasteiger partial charge is 0.258 e. The summed E-state index contributed by atoms with van der Waals surface area (Å²) >= 11 is 0. The third kappa shape index (κ3) is 4.27. The van der Waals surface area contributed by atoms with Crippen molar-refractivity contribution in [3.05, 3.63) is 23.5 Å². The number of likely N-dealkylation sites (tertiary alicyclic amines) is 1. The Kier molecular flexibility index (Phi) is 6.32. The van der Waals surface area contributed by atoms with Gasteiger partial charge in [0.1, 0.15) is 11.4 Å². The average Bonchev–Trinajstić information content (AvgIpc) is 3.15. The summed E-state index contributed by atoms with van der Waals surface area (Å²) < 4.78 is 30.0. The molecule has 1 amide bonds. The van der Waals surface area contributed by atoms with Gasteiger partial charge in [0.05, 0.1) is 20.8 Å². The van der Waals surface area contributed by atoms with E-state index < -0.39 is 11.7 Å². The van der Waals surface area contributed by atoms with Gasteiger partial charge in [0.2, 0.25) is 0 Å². The molecule has 1 atom stereocenters. The molecule has 2 aliphatic heterocycles. The van der Waals surface area contributed by atoms with Crippen LogP contribution in [0.3, 0.4) is 0 Å². The molecule has 0 radical (unpaired) electrons. The molecule has 2 fully saturated rings. The average molecular weight is 366 g/mol. The number of ether oxygens (including phenoxy) is 3. The zero-order valence-electron chi connectivity index (χ0n) is 15.4. The number of nitrogens with zero attached hydrogens (tertiary/aromatic N) is 1. The predicted octanol–water partition coefficient (Wildman–Crippen LogP) is 2.07. The summed E-state index contributed by atoms with van der Waals surface area (Å²) in [5, 5.41) is 2.95. The maximum absolute atomic E-state index is 14.2. The number of halogens is 1. The van der Waals surface area contributed by atoms with E-state index in [-0.39, 0.29) is 17.4 Å². The van der Waals surface area contributed by atoms with Gasteiger partial charge in [-0.15, -0.1) is 0 Å². The van der Waals surface area contributed by atoms with E-state index >= 15 is 0 Å². The molecule has 26 heavy (non-hydrogen) atoms. The van der Waals surface area contributed by atoms with Crippen LogP contribution in [0.25, 0.3) is 0 Å². The molecule has 2 heterocycles. The number of piperidine rings is 1.